The lowest BCUT2D eigenvalue weighted by Gasteiger charge is -2.47. The normalized spacial score (nSPS) is 17.1. The molecule has 1 heterocycles. The molecule has 14 heteroatoms. The summed E-state index contributed by atoms with van der Waals surface area (Å²) in [5.41, 5.74) is 12.7. The predicted molar refractivity (Wildman–Crippen MR) is 144 cm³/mol. The van der Waals surface area contributed by atoms with Gasteiger partial charge in [-0.2, -0.15) is 5.01 Å². The summed E-state index contributed by atoms with van der Waals surface area (Å²) in [6.45, 7) is 0.219. The molecule has 40 heavy (non-hydrogen) atoms. The maximum atomic E-state index is 13.6. The molecule has 0 saturated carbocycles. The Kier molecular flexibility index (Phi) is 8.96. The van der Waals surface area contributed by atoms with Crippen molar-refractivity contribution < 1.29 is 29.1 Å². The molecule has 2 aromatic rings. The summed E-state index contributed by atoms with van der Waals surface area (Å²) in [5.74, 6) is -4.24. The molecule has 1 aliphatic heterocycles. The molecule has 1 saturated heterocycles. The summed E-state index contributed by atoms with van der Waals surface area (Å²) in [5, 5.41) is 28.0. The topological polar surface area (TPSA) is 236 Å². The van der Waals surface area contributed by atoms with Crippen LogP contribution in [-0.2, 0) is 14.4 Å². The van der Waals surface area contributed by atoms with Crippen LogP contribution in [0.15, 0.2) is 48.5 Å². The average Bonchev–Trinajstić information content (AvgIpc) is 2.91. The zero-order chi connectivity index (χ0) is 29.6. The molecule has 3 amide bonds. The van der Waals surface area contributed by atoms with Gasteiger partial charge in [0, 0.05) is 48.3 Å². The fourth-order valence-corrected chi connectivity index (χ4v) is 4.36. The van der Waals surface area contributed by atoms with Crippen LogP contribution in [0.4, 0.5) is 0 Å². The van der Waals surface area contributed by atoms with E-state index in [1.165, 1.54) is 53.5 Å². The summed E-state index contributed by atoms with van der Waals surface area (Å²) in [7, 11) is 0. The fourth-order valence-electron chi connectivity index (χ4n) is 4.36. The van der Waals surface area contributed by atoms with Gasteiger partial charge >= 0.3 is 5.97 Å². The third-order valence-electron chi connectivity index (χ3n) is 6.53. The number of carbonyl (C=O) groups excluding carboxylic acids is 4. The van der Waals surface area contributed by atoms with Crippen LogP contribution in [0.5, 0.6) is 0 Å². The third kappa shape index (κ3) is 6.30. The van der Waals surface area contributed by atoms with Crippen LogP contribution in [0.1, 0.15) is 45.2 Å². The van der Waals surface area contributed by atoms with E-state index in [-0.39, 0.29) is 48.9 Å². The molecular formula is C26H30N8O6. The van der Waals surface area contributed by atoms with Crippen molar-refractivity contribution in [1.29, 1.82) is 10.8 Å². The minimum Gasteiger partial charge on any atom is -0.480 e. The number of ketones is 1. The molecule has 0 radical (unpaired) electrons. The number of hydrogen-bond donors (Lipinski definition) is 7. The zero-order valence-corrected chi connectivity index (χ0v) is 21.7. The van der Waals surface area contributed by atoms with E-state index < -0.39 is 41.6 Å². The van der Waals surface area contributed by atoms with Gasteiger partial charge in [0.05, 0.1) is 0 Å². The number of amides is 3. The molecule has 1 atom stereocenters. The first kappa shape index (κ1) is 29.4. The van der Waals surface area contributed by atoms with Gasteiger partial charge in [0.1, 0.15) is 18.2 Å². The number of benzene rings is 2. The van der Waals surface area contributed by atoms with Gasteiger partial charge < -0.3 is 26.8 Å². The summed E-state index contributed by atoms with van der Waals surface area (Å²) >= 11 is 0. The Morgan fingerprint density at radius 1 is 0.875 bits per heavy atom. The number of nitrogens with one attached hydrogen (secondary N) is 4. The highest BCUT2D eigenvalue weighted by Gasteiger charge is 2.54. The standard InChI is InChI=1S/C26H30N8O6/c1-15(35)26(10-11-31-23(38)18-6-2-16(3-7-18)21(27)28)25(40)33(14-20(36)37)12-13-34(26)32-24(39)19-8-4-17(5-9-19)22(29)30/h2-9H,10-14H2,1H3,(H3,27,28)(H3,29,30)(H,31,38)(H,32,39)(H,36,37)/t26-/m0/s1. The number of rotatable bonds is 11. The second kappa shape index (κ2) is 12.2. The number of carboxylic acid groups (broad SMARTS) is 1. The number of nitrogen functional groups attached to an aromatic ring is 2. The molecule has 210 valence electrons. The van der Waals surface area contributed by atoms with E-state index in [1.807, 2.05) is 0 Å². The number of hydrazine groups is 1. The maximum Gasteiger partial charge on any atom is 0.323 e. The number of piperazine rings is 1. The van der Waals surface area contributed by atoms with E-state index in [0.717, 1.165) is 11.8 Å². The van der Waals surface area contributed by atoms with Crippen molar-refractivity contribution in [3.8, 4) is 0 Å². The van der Waals surface area contributed by atoms with Gasteiger partial charge in [-0.05, 0) is 31.2 Å². The molecular weight excluding hydrogens is 520 g/mol. The van der Waals surface area contributed by atoms with E-state index in [0.29, 0.717) is 11.1 Å². The van der Waals surface area contributed by atoms with Crippen molar-refractivity contribution in [3.05, 3.63) is 70.8 Å². The van der Waals surface area contributed by atoms with Crippen molar-refractivity contribution in [2.75, 3.05) is 26.2 Å². The van der Waals surface area contributed by atoms with Crippen LogP contribution in [0.25, 0.3) is 0 Å². The Hall–Kier alpha value is -5.11. The molecule has 2 aromatic carbocycles. The molecule has 1 aliphatic rings. The molecule has 9 N–H and O–H groups in total. The highest BCUT2D eigenvalue weighted by molar-refractivity contribution is 6.11. The van der Waals surface area contributed by atoms with Gasteiger partial charge in [0.2, 0.25) is 0 Å². The summed E-state index contributed by atoms with van der Waals surface area (Å²) in [6.07, 6.45) is -0.266. The van der Waals surface area contributed by atoms with E-state index in [4.69, 9.17) is 22.3 Å². The Morgan fingerprint density at radius 3 is 1.80 bits per heavy atom. The van der Waals surface area contributed by atoms with E-state index in [9.17, 15) is 29.1 Å². The summed E-state index contributed by atoms with van der Waals surface area (Å²) < 4.78 is 0. The molecule has 0 spiro atoms. The second-order valence-electron chi connectivity index (χ2n) is 9.12. The van der Waals surface area contributed by atoms with Gasteiger partial charge in [-0.25, -0.2) is 0 Å². The van der Waals surface area contributed by atoms with Gasteiger partial charge in [-0.3, -0.25) is 40.2 Å². The van der Waals surface area contributed by atoms with Crippen LogP contribution in [-0.4, -0.2) is 87.9 Å². The number of Topliss-reactive ketones (excluding diaryl/α,β-unsaturated/α-hetero) is 1. The summed E-state index contributed by atoms with van der Waals surface area (Å²) in [6, 6.07) is 11.8. The van der Waals surface area contributed by atoms with Crippen LogP contribution < -0.4 is 22.2 Å². The fraction of sp³-hybridized carbons (Fsp3) is 0.269. The van der Waals surface area contributed by atoms with Crippen molar-refractivity contribution in [2.45, 2.75) is 18.9 Å². The molecule has 1 fully saturated rings. The maximum absolute atomic E-state index is 13.6. The highest BCUT2D eigenvalue weighted by atomic mass is 16.4. The quantitative estimate of drug-likeness (QED) is 0.106. The first-order valence-corrected chi connectivity index (χ1v) is 12.1. The number of aliphatic carboxylic acids is 1. The molecule has 3 rings (SSSR count). The summed E-state index contributed by atoms with van der Waals surface area (Å²) in [4.78, 5) is 64.8. The van der Waals surface area contributed by atoms with E-state index in [1.54, 1.807) is 0 Å². The number of nitrogens with two attached hydrogens (primary N) is 2. The minimum atomic E-state index is -1.99. The van der Waals surface area contributed by atoms with Crippen molar-refractivity contribution >= 4 is 41.1 Å². The van der Waals surface area contributed by atoms with E-state index >= 15 is 0 Å². The number of carboxylic acids is 1. The van der Waals surface area contributed by atoms with E-state index in [2.05, 4.69) is 10.7 Å². The molecule has 0 aliphatic carbocycles. The number of carbonyl (C=O) groups is 5. The van der Waals surface area contributed by atoms with Crippen LogP contribution in [0, 0.1) is 10.8 Å². The second-order valence-corrected chi connectivity index (χ2v) is 9.12. The lowest BCUT2D eigenvalue weighted by Crippen LogP contribution is -2.73. The number of amidine groups is 2. The first-order chi connectivity index (χ1) is 18.9. The van der Waals surface area contributed by atoms with Crippen molar-refractivity contribution in [1.82, 2.24) is 20.7 Å². The lowest BCUT2D eigenvalue weighted by atomic mass is 9.86. The largest absolute Gasteiger partial charge is 0.480 e. The molecule has 14 nitrogen and oxygen atoms in total. The SMILES string of the molecule is CC(=O)[C@@]1(CCNC(=O)c2ccc(C(=N)N)cc2)C(=O)N(CC(=O)O)CCN1NC(=O)c1ccc(C(=N)N)cc1. The highest BCUT2D eigenvalue weighted by Crippen LogP contribution is 2.27. The third-order valence-corrected chi connectivity index (χ3v) is 6.53. The number of nitrogens with zero attached hydrogens (tertiary/aromatic N) is 2. The Morgan fingerprint density at radius 2 is 1.35 bits per heavy atom. The monoisotopic (exact) mass is 550 g/mol. The van der Waals surface area contributed by atoms with Crippen LogP contribution in [0.3, 0.4) is 0 Å². The molecule has 0 bridgehead atoms. The number of hydrogen-bond acceptors (Lipinski definition) is 8. The van der Waals surface area contributed by atoms with Crippen molar-refractivity contribution in [2.24, 2.45) is 11.5 Å². The zero-order valence-electron chi connectivity index (χ0n) is 21.7. The van der Waals surface area contributed by atoms with Crippen molar-refractivity contribution in [3.63, 3.8) is 0 Å². The van der Waals surface area contributed by atoms with Crippen LogP contribution in [0.2, 0.25) is 0 Å². The van der Waals surface area contributed by atoms with Gasteiger partial charge in [-0.1, -0.05) is 24.3 Å². The smallest absolute Gasteiger partial charge is 0.323 e. The lowest BCUT2D eigenvalue weighted by molar-refractivity contribution is -0.165. The Labute approximate surface area is 229 Å². The molecule has 0 aromatic heterocycles. The Balaban J connectivity index is 1.84. The van der Waals surface area contributed by atoms with Gasteiger partial charge in [-0.15, -0.1) is 0 Å². The Bertz CT molecular complexity index is 1360. The minimum absolute atomic E-state index is 0.0592. The predicted octanol–water partition coefficient (Wildman–Crippen LogP) is -0.724. The average molecular weight is 551 g/mol. The van der Waals surface area contributed by atoms with Gasteiger partial charge in [0.15, 0.2) is 11.3 Å². The van der Waals surface area contributed by atoms with Gasteiger partial charge in [0.25, 0.3) is 17.7 Å². The first-order valence-electron chi connectivity index (χ1n) is 12.1. The molecule has 0 unspecified atom stereocenters. The van der Waals surface area contributed by atoms with Crippen LogP contribution >= 0.6 is 0 Å².